The highest BCUT2D eigenvalue weighted by Crippen LogP contribution is 2.47. The van der Waals surface area contributed by atoms with E-state index in [2.05, 4.69) is 11.4 Å². The number of para-hydroxylation sites is 1. The van der Waals surface area contributed by atoms with E-state index in [1.807, 2.05) is 0 Å². The van der Waals surface area contributed by atoms with Crippen molar-refractivity contribution in [3.05, 3.63) is 29.8 Å². The van der Waals surface area contributed by atoms with Crippen molar-refractivity contribution in [2.75, 3.05) is 18.9 Å². The minimum Gasteiger partial charge on any atom is -0.339 e. The number of carbonyl (C=O) groups excluding carboxylic acids is 4. The van der Waals surface area contributed by atoms with Gasteiger partial charge in [0, 0.05) is 25.7 Å². The van der Waals surface area contributed by atoms with Crippen molar-refractivity contribution in [3.8, 4) is 6.07 Å². The first-order chi connectivity index (χ1) is 19.7. The number of nitriles is 1. The fraction of sp³-hybridized carbons (Fsp3) is 0.607. The van der Waals surface area contributed by atoms with Crippen LogP contribution >= 0.6 is 0 Å². The molecule has 1 unspecified atom stereocenters. The van der Waals surface area contributed by atoms with E-state index in [0.717, 1.165) is 17.7 Å². The highest BCUT2D eigenvalue weighted by molar-refractivity contribution is 6.07. The van der Waals surface area contributed by atoms with E-state index in [9.17, 15) is 46.4 Å². The SMILES string of the molecule is CN(C(=O)C(CC1CC1)NC(=O)C(F)(F)C(F)(F)F)[C@@H](CC1CC1)C(=O)N1C[C@]2(C[C@H]1C#N)C(=O)Nc1ccccc12. The molecule has 42 heavy (non-hydrogen) atoms. The molecule has 1 aromatic carbocycles. The number of hydrogen-bond acceptors (Lipinski definition) is 5. The lowest BCUT2D eigenvalue weighted by molar-refractivity contribution is -0.270. The maximum Gasteiger partial charge on any atom is 0.463 e. The van der Waals surface area contributed by atoms with Crippen LogP contribution in [0, 0.1) is 23.2 Å². The van der Waals surface area contributed by atoms with Crippen LogP contribution in [0.4, 0.5) is 27.6 Å². The first-order valence-corrected chi connectivity index (χ1v) is 13.8. The highest BCUT2D eigenvalue weighted by Gasteiger charge is 2.64. The maximum absolute atomic E-state index is 14.0. The van der Waals surface area contributed by atoms with E-state index in [-0.39, 0.29) is 43.6 Å². The summed E-state index contributed by atoms with van der Waals surface area (Å²) in [6, 6.07) is 5.12. The lowest BCUT2D eigenvalue weighted by Gasteiger charge is -2.35. The normalized spacial score (nSPS) is 24.9. The molecule has 226 valence electrons. The van der Waals surface area contributed by atoms with Crippen molar-refractivity contribution < 1.29 is 41.1 Å². The molecule has 0 bridgehead atoms. The number of likely N-dealkylation sites (tertiary alicyclic amines) is 1. The molecule has 4 atom stereocenters. The van der Waals surface area contributed by atoms with Crippen LogP contribution in [-0.2, 0) is 24.6 Å². The van der Waals surface area contributed by atoms with Gasteiger partial charge in [-0.25, -0.2) is 0 Å². The molecule has 4 amide bonds. The summed E-state index contributed by atoms with van der Waals surface area (Å²) in [5.41, 5.74) is 0.0431. The standard InChI is InChI=1S/C28H30F5N5O4/c1-37(22(39)20(10-15-6-7-15)36-25(42)27(29,30)28(31,32)33)21(11-16-8-9-16)23(40)38-14-26(12-17(38)13-34)18-4-2-3-5-19(18)35-24(26)41/h2-5,15-17,20-21H,6-12,14H2,1H3,(H,35,41)(H,36,42)/t17-,20?,21-,26-/m0/s1. The van der Waals surface area contributed by atoms with Crippen molar-refractivity contribution in [2.45, 2.75) is 80.6 Å². The highest BCUT2D eigenvalue weighted by atomic mass is 19.4. The molecule has 5 rings (SSSR count). The summed E-state index contributed by atoms with van der Waals surface area (Å²) in [7, 11) is 1.24. The van der Waals surface area contributed by atoms with Crippen molar-refractivity contribution in [1.29, 1.82) is 5.26 Å². The molecule has 1 aromatic rings. The van der Waals surface area contributed by atoms with Gasteiger partial charge in [-0.2, -0.15) is 27.2 Å². The summed E-state index contributed by atoms with van der Waals surface area (Å²) >= 11 is 0. The zero-order valence-corrected chi connectivity index (χ0v) is 22.7. The van der Waals surface area contributed by atoms with Crippen LogP contribution in [0.1, 0.15) is 50.5 Å². The zero-order valence-electron chi connectivity index (χ0n) is 22.7. The van der Waals surface area contributed by atoms with E-state index in [1.54, 1.807) is 29.6 Å². The second kappa shape index (κ2) is 10.5. The molecule has 14 heteroatoms. The molecule has 3 fully saturated rings. The topological polar surface area (TPSA) is 123 Å². The molecule has 4 aliphatic rings. The number of amides is 4. The van der Waals surface area contributed by atoms with Crippen molar-refractivity contribution in [3.63, 3.8) is 0 Å². The fourth-order valence-corrected chi connectivity index (χ4v) is 5.96. The Balaban J connectivity index is 1.39. The van der Waals surface area contributed by atoms with Crippen molar-refractivity contribution in [2.24, 2.45) is 11.8 Å². The maximum atomic E-state index is 14.0. The van der Waals surface area contributed by atoms with Crippen LogP contribution in [0.3, 0.4) is 0 Å². The monoisotopic (exact) mass is 595 g/mol. The third-order valence-electron chi connectivity index (χ3n) is 8.78. The van der Waals surface area contributed by atoms with Crippen LogP contribution < -0.4 is 10.6 Å². The van der Waals surface area contributed by atoms with Gasteiger partial charge in [0.2, 0.25) is 17.7 Å². The minimum absolute atomic E-state index is 0.0266. The summed E-state index contributed by atoms with van der Waals surface area (Å²) in [4.78, 5) is 55.0. The number of hydrogen-bond donors (Lipinski definition) is 2. The summed E-state index contributed by atoms with van der Waals surface area (Å²) in [5, 5.41) is 14.3. The molecule has 2 aliphatic carbocycles. The third-order valence-corrected chi connectivity index (χ3v) is 8.78. The van der Waals surface area contributed by atoms with Crippen molar-refractivity contribution in [1.82, 2.24) is 15.1 Å². The molecule has 9 nitrogen and oxygen atoms in total. The van der Waals surface area contributed by atoms with Gasteiger partial charge in [0.15, 0.2) is 0 Å². The number of likely N-dealkylation sites (N-methyl/N-ethyl adjacent to an activating group) is 1. The predicted molar refractivity (Wildman–Crippen MR) is 137 cm³/mol. The van der Waals surface area contributed by atoms with E-state index in [4.69, 9.17) is 0 Å². The van der Waals surface area contributed by atoms with Gasteiger partial charge in [-0.3, -0.25) is 19.2 Å². The molecule has 0 aromatic heterocycles. The van der Waals surface area contributed by atoms with E-state index in [1.165, 1.54) is 11.9 Å². The quantitative estimate of drug-likeness (QED) is 0.425. The first kappa shape index (κ1) is 29.7. The van der Waals surface area contributed by atoms with Crippen molar-refractivity contribution >= 4 is 29.3 Å². The third kappa shape index (κ3) is 5.29. The van der Waals surface area contributed by atoms with Crippen LogP contribution in [0.5, 0.6) is 0 Å². The van der Waals surface area contributed by atoms with Gasteiger partial charge in [-0.15, -0.1) is 0 Å². The number of alkyl halides is 5. The van der Waals surface area contributed by atoms with E-state index < -0.39 is 53.4 Å². The molecule has 1 saturated heterocycles. The number of rotatable bonds is 9. The smallest absolute Gasteiger partial charge is 0.339 e. The second-order valence-electron chi connectivity index (χ2n) is 11.8. The molecule has 2 heterocycles. The van der Waals surface area contributed by atoms with Crippen LogP contribution in [-0.4, -0.2) is 77.2 Å². The molecular formula is C28H30F5N5O4. The van der Waals surface area contributed by atoms with Gasteiger partial charge in [0.05, 0.1) is 11.5 Å². The first-order valence-electron chi connectivity index (χ1n) is 13.8. The van der Waals surface area contributed by atoms with E-state index >= 15 is 0 Å². The Bertz CT molecular complexity index is 1340. The average molecular weight is 596 g/mol. The van der Waals surface area contributed by atoms with Gasteiger partial charge >= 0.3 is 18.0 Å². The number of nitrogens with zero attached hydrogens (tertiary/aromatic N) is 3. The minimum atomic E-state index is -6.15. The number of carbonyl (C=O) groups is 4. The predicted octanol–water partition coefficient (Wildman–Crippen LogP) is 3.11. The van der Waals surface area contributed by atoms with Gasteiger partial charge in [-0.05, 0) is 36.3 Å². The lowest BCUT2D eigenvalue weighted by atomic mass is 9.80. The Labute approximate surface area is 238 Å². The Morgan fingerprint density at radius 3 is 2.33 bits per heavy atom. The Hall–Kier alpha value is -3.76. The number of benzene rings is 1. The summed E-state index contributed by atoms with van der Waals surface area (Å²) < 4.78 is 66.0. The molecular weight excluding hydrogens is 565 g/mol. The average Bonchev–Trinajstić information content (AvgIpc) is 3.87. The van der Waals surface area contributed by atoms with Gasteiger partial charge in [-0.1, -0.05) is 43.9 Å². The fourth-order valence-electron chi connectivity index (χ4n) is 5.96. The summed E-state index contributed by atoms with van der Waals surface area (Å²) in [5.74, 6) is -10.4. The number of nitrogens with one attached hydrogen (secondary N) is 2. The molecule has 1 spiro atoms. The van der Waals surface area contributed by atoms with Crippen LogP contribution in [0.15, 0.2) is 24.3 Å². The number of halogens is 5. The van der Waals surface area contributed by atoms with Crippen LogP contribution in [0.2, 0.25) is 0 Å². The number of anilines is 1. The van der Waals surface area contributed by atoms with Gasteiger partial charge in [0.1, 0.15) is 18.1 Å². The van der Waals surface area contributed by atoms with Gasteiger partial charge in [0.25, 0.3) is 0 Å². The Morgan fingerprint density at radius 1 is 1.12 bits per heavy atom. The van der Waals surface area contributed by atoms with Gasteiger partial charge < -0.3 is 20.4 Å². The second-order valence-corrected chi connectivity index (χ2v) is 11.8. The molecule has 2 N–H and O–H groups in total. The van der Waals surface area contributed by atoms with E-state index in [0.29, 0.717) is 24.1 Å². The molecule has 2 aliphatic heterocycles. The van der Waals surface area contributed by atoms with Crippen LogP contribution in [0.25, 0.3) is 0 Å². The summed E-state index contributed by atoms with van der Waals surface area (Å²) in [6.07, 6.45) is -3.32. The molecule has 2 saturated carbocycles. The Morgan fingerprint density at radius 2 is 1.74 bits per heavy atom. The lowest BCUT2D eigenvalue weighted by Crippen LogP contribution is -2.59. The Kier molecular flexibility index (Phi) is 7.43. The zero-order chi connectivity index (χ0) is 30.6. The largest absolute Gasteiger partial charge is 0.463 e. The molecule has 0 radical (unpaired) electrons. The summed E-state index contributed by atoms with van der Waals surface area (Å²) in [6.45, 7) is -0.129. The number of fused-ring (bicyclic) bond motifs is 2.